The average molecular weight is 401 g/mol. The molecule has 0 bridgehead atoms. The average Bonchev–Trinajstić information content (AvgIpc) is 3.24. The van der Waals surface area contributed by atoms with Crippen molar-refractivity contribution < 1.29 is 4.74 Å². The molecule has 2 aliphatic rings. The summed E-state index contributed by atoms with van der Waals surface area (Å²) in [6, 6.07) is 10.5. The van der Waals surface area contributed by atoms with Crippen molar-refractivity contribution in [1.29, 1.82) is 0 Å². The standard InChI is InChI=1S/C22H23N7O/c1-27-12-13-30-20-18(27)14-23-29-21(25-26-22(20)29)16-9-8-15-6-5-7-17(19(15)24-16)28-10-3-2-4-11-28/h5-9,14H,2-4,10-13H2,1H3. The van der Waals surface area contributed by atoms with Gasteiger partial charge in [-0.05, 0) is 31.4 Å². The molecular weight excluding hydrogens is 378 g/mol. The van der Waals surface area contributed by atoms with E-state index < -0.39 is 0 Å². The molecule has 2 aliphatic heterocycles. The number of nitrogens with zero attached hydrogens (tertiary/aromatic N) is 7. The van der Waals surface area contributed by atoms with Crippen LogP contribution in [0.3, 0.4) is 0 Å². The van der Waals surface area contributed by atoms with E-state index in [9.17, 15) is 0 Å². The van der Waals surface area contributed by atoms with Crippen LogP contribution in [0.4, 0.5) is 11.4 Å². The molecule has 0 radical (unpaired) electrons. The second-order valence-electron chi connectivity index (χ2n) is 7.98. The molecule has 30 heavy (non-hydrogen) atoms. The Kier molecular flexibility index (Phi) is 3.97. The van der Waals surface area contributed by atoms with Gasteiger partial charge in [0.25, 0.3) is 0 Å². The van der Waals surface area contributed by atoms with E-state index in [2.05, 4.69) is 49.4 Å². The Morgan fingerprint density at radius 3 is 2.73 bits per heavy atom. The highest BCUT2D eigenvalue weighted by molar-refractivity contribution is 5.92. The van der Waals surface area contributed by atoms with Crippen LogP contribution in [0.25, 0.3) is 28.1 Å². The number of rotatable bonds is 2. The number of pyridine rings is 1. The van der Waals surface area contributed by atoms with Crippen molar-refractivity contribution in [2.75, 3.05) is 43.1 Å². The van der Waals surface area contributed by atoms with Crippen LogP contribution >= 0.6 is 0 Å². The van der Waals surface area contributed by atoms with Gasteiger partial charge in [0.2, 0.25) is 11.5 Å². The molecule has 1 saturated heterocycles. The van der Waals surface area contributed by atoms with Crippen LogP contribution < -0.4 is 14.5 Å². The number of likely N-dealkylation sites (N-methyl/N-ethyl adjacent to an activating group) is 1. The fourth-order valence-corrected chi connectivity index (χ4v) is 4.44. The first-order chi connectivity index (χ1) is 14.8. The normalized spacial score (nSPS) is 16.7. The van der Waals surface area contributed by atoms with Gasteiger partial charge in [-0.25, -0.2) is 4.98 Å². The second kappa shape index (κ2) is 6.83. The van der Waals surface area contributed by atoms with Gasteiger partial charge >= 0.3 is 0 Å². The molecule has 1 aromatic carbocycles. The van der Waals surface area contributed by atoms with Gasteiger partial charge < -0.3 is 14.5 Å². The van der Waals surface area contributed by atoms with Gasteiger partial charge in [0.1, 0.15) is 18.0 Å². The molecule has 0 unspecified atom stereocenters. The van der Waals surface area contributed by atoms with Gasteiger partial charge in [-0.15, -0.1) is 10.2 Å². The molecule has 0 spiro atoms. The molecule has 152 valence electrons. The Balaban J connectivity index is 1.49. The summed E-state index contributed by atoms with van der Waals surface area (Å²) >= 11 is 0. The van der Waals surface area contributed by atoms with Crippen molar-refractivity contribution in [3.63, 3.8) is 0 Å². The summed E-state index contributed by atoms with van der Waals surface area (Å²) in [5.41, 5.74) is 4.52. The molecule has 0 atom stereocenters. The van der Waals surface area contributed by atoms with Crippen LogP contribution in [0.15, 0.2) is 36.5 Å². The summed E-state index contributed by atoms with van der Waals surface area (Å²) in [4.78, 5) is 9.59. The highest BCUT2D eigenvalue weighted by Gasteiger charge is 2.23. The lowest BCUT2D eigenvalue weighted by Crippen LogP contribution is -2.29. The molecule has 5 heterocycles. The Labute approximate surface area is 174 Å². The maximum absolute atomic E-state index is 5.89. The summed E-state index contributed by atoms with van der Waals surface area (Å²) in [5.74, 6) is 1.35. The zero-order valence-electron chi connectivity index (χ0n) is 17.0. The molecule has 3 aromatic heterocycles. The molecule has 0 saturated carbocycles. The number of para-hydroxylation sites is 1. The minimum Gasteiger partial charge on any atom is -0.486 e. The Morgan fingerprint density at radius 2 is 1.83 bits per heavy atom. The molecule has 8 nitrogen and oxygen atoms in total. The lowest BCUT2D eigenvalue weighted by molar-refractivity contribution is 0.312. The summed E-state index contributed by atoms with van der Waals surface area (Å²) in [6.45, 7) is 3.62. The predicted molar refractivity (Wildman–Crippen MR) is 116 cm³/mol. The molecule has 1 fully saturated rings. The Bertz CT molecular complexity index is 1250. The van der Waals surface area contributed by atoms with Crippen molar-refractivity contribution in [1.82, 2.24) is 24.8 Å². The number of ether oxygens (including phenoxy) is 1. The lowest BCUT2D eigenvalue weighted by atomic mass is 10.1. The van der Waals surface area contributed by atoms with Crippen LogP contribution in [-0.2, 0) is 0 Å². The number of piperidine rings is 1. The van der Waals surface area contributed by atoms with Crippen LogP contribution in [0.2, 0.25) is 0 Å². The van der Waals surface area contributed by atoms with Gasteiger partial charge in [0.05, 0.1) is 23.9 Å². The molecule has 0 amide bonds. The van der Waals surface area contributed by atoms with Gasteiger partial charge in [-0.2, -0.15) is 9.61 Å². The maximum Gasteiger partial charge on any atom is 0.222 e. The summed E-state index contributed by atoms with van der Waals surface area (Å²) in [6.07, 6.45) is 5.58. The number of benzene rings is 1. The summed E-state index contributed by atoms with van der Waals surface area (Å²) in [5, 5.41) is 14.5. The van der Waals surface area contributed by atoms with Gasteiger partial charge in [-0.1, -0.05) is 18.2 Å². The van der Waals surface area contributed by atoms with E-state index in [0.717, 1.165) is 47.7 Å². The topological polar surface area (TPSA) is 71.7 Å². The zero-order valence-corrected chi connectivity index (χ0v) is 17.0. The molecular formula is C22H23N7O. The van der Waals surface area contributed by atoms with Crippen molar-refractivity contribution in [3.8, 4) is 17.3 Å². The predicted octanol–water partition coefficient (Wildman–Crippen LogP) is 3.16. The van der Waals surface area contributed by atoms with Crippen LogP contribution in [0.5, 0.6) is 5.75 Å². The third kappa shape index (κ3) is 2.67. The first-order valence-electron chi connectivity index (χ1n) is 10.5. The van der Waals surface area contributed by atoms with E-state index in [1.54, 1.807) is 4.52 Å². The summed E-state index contributed by atoms with van der Waals surface area (Å²) < 4.78 is 7.62. The lowest BCUT2D eigenvalue weighted by Gasteiger charge is -2.29. The smallest absolute Gasteiger partial charge is 0.222 e. The minimum atomic E-state index is 0.624. The monoisotopic (exact) mass is 401 g/mol. The fourth-order valence-electron chi connectivity index (χ4n) is 4.44. The number of hydrogen-bond donors (Lipinski definition) is 0. The van der Waals surface area contributed by atoms with Crippen molar-refractivity contribution >= 4 is 27.9 Å². The number of anilines is 2. The van der Waals surface area contributed by atoms with Crippen LogP contribution in [0, 0.1) is 0 Å². The van der Waals surface area contributed by atoms with E-state index in [1.165, 1.54) is 24.9 Å². The van der Waals surface area contributed by atoms with E-state index in [0.29, 0.717) is 18.1 Å². The molecule has 6 rings (SSSR count). The van der Waals surface area contributed by atoms with Crippen molar-refractivity contribution in [2.24, 2.45) is 0 Å². The SMILES string of the molecule is CN1CCOc2c1cnn1c(-c3ccc4cccc(N5CCCCC5)c4n3)nnc21. The number of fused-ring (bicyclic) bond motifs is 4. The van der Waals surface area contributed by atoms with Gasteiger partial charge in [0, 0.05) is 25.5 Å². The first kappa shape index (κ1) is 17.4. The third-order valence-electron chi connectivity index (χ3n) is 6.08. The molecule has 8 heteroatoms. The van der Waals surface area contributed by atoms with E-state index >= 15 is 0 Å². The molecule has 4 aromatic rings. The quantitative estimate of drug-likeness (QED) is 0.511. The van der Waals surface area contributed by atoms with Crippen LogP contribution in [-0.4, -0.2) is 58.1 Å². The van der Waals surface area contributed by atoms with Gasteiger partial charge in [0.15, 0.2) is 5.75 Å². The number of aromatic nitrogens is 5. The fraction of sp³-hybridized carbons (Fsp3) is 0.364. The zero-order chi connectivity index (χ0) is 20.1. The van der Waals surface area contributed by atoms with Gasteiger partial charge in [-0.3, -0.25) is 0 Å². The number of hydrogen-bond acceptors (Lipinski definition) is 7. The first-order valence-corrected chi connectivity index (χ1v) is 10.5. The van der Waals surface area contributed by atoms with E-state index in [1.807, 2.05) is 19.3 Å². The van der Waals surface area contributed by atoms with Crippen molar-refractivity contribution in [2.45, 2.75) is 19.3 Å². The highest BCUT2D eigenvalue weighted by atomic mass is 16.5. The largest absolute Gasteiger partial charge is 0.486 e. The van der Waals surface area contributed by atoms with E-state index in [4.69, 9.17) is 9.72 Å². The van der Waals surface area contributed by atoms with Crippen molar-refractivity contribution in [3.05, 3.63) is 36.5 Å². The molecule has 0 N–H and O–H groups in total. The Morgan fingerprint density at radius 1 is 0.933 bits per heavy atom. The maximum atomic E-state index is 5.89. The Hall–Kier alpha value is -3.42. The minimum absolute atomic E-state index is 0.624. The summed E-state index contributed by atoms with van der Waals surface area (Å²) in [7, 11) is 2.03. The highest BCUT2D eigenvalue weighted by Crippen LogP contribution is 2.35. The molecule has 0 aliphatic carbocycles. The van der Waals surface area contributed by atoms with E-state index in [-0.39, 0.29) is 0 Å². The third-order valence-corrected chi connectivity index (χ3v) is 6.08. The van der Waals surface area contributed by atoms with Crippen LogP contribution in [0.1, 0.15) is 19.3 Å². The second-order valence-corrected chi connectivity index (χ2v) is 7.98.